The molecule has 1 aromatic heterocycles. The number of anilines is 1. The number of aromatic nitrogens is 3. The highest BCUT2D eigenvalue weighted by Gasteiger charge is 2.15. The molecular weight excluding hydrogens is 242 g/mol. The van der Waals surface area contributed by atoms with Crippen LogP contribution in [-0.4, -0.2) is 20.7 Å². The highest BCUT2D eigenvalue weighted by atomic mass is 16.1. The zero-order chi connectivity index (χ0) is 14.0. The fraction of sp³-hybridized carbons (Fsp3) is 0.308. The fourth-order valence-electron chi connectivity index (χ4n) is 1.85. The lowest BCUT2D eigenvalue weighted by Crippen LogP contribution is -2.28. The molecule has 19 heavy (non-hydrogen) atoms. The molecule has 0 aliphatic heterocycles. The summed E-state index contributed by atoms with van der Waals surface area (Å²) < 4.78 is 1.78. The van der Waals surface area contributed by atoms with E-state index in [2.05, 4.69) is 15.5 Å². The fourth-order valence-corrected chi connectivity index (χ4v) is 1.85. The maximum Gasteiger partial charge on any atom is 0.251 e. The van der Waals surface area contributed by atoms with E-state index in [1.807, 2.05) is 20.9 Å². The number of carbonyl (C=O) groups excluding carboxylic acids is 1. The lowest BCUT2D eigenvalue weighted by molar-refractivity contribution is 0.0937. The molecular formula is C13H17N5O. The number of nitrogen functional groups attached to an aromatic ring is 1. The minimum absolute atomic E-state index is 0.154. The molecule has 1 unspecified atom stereocenters. The summed E-state index contributed by atoms with van der Waals surface area (Å²) in [6, 6.07) is 5.00. The van der Waals surface area contributed by atoms with Gasteiger partial charge < -0.3 is 15.6 Å². The van der Waals surface area contributed by atoms with Gasteiger partial charge in [-0.15, -0.1) is 10.2 Å². The van der Waals surface area contributed by atoms with Crippen molar-refractivity contribution in [3.8, 4) is 0 Å². The number of rotatable bonds is 3. The Morgan fingerprint density at radius 2 is 2.21 bits per heavy atom. The first kappa shape index (κ1) is 13.1. The standard InChI is InChI=1S/C13H17N5O/c1-8-6-10(4-5-11(8)14)13(19)16-9(2)12-17-15-7-18(12)3/h4-7,9H,14H2,1-3H3,(H,16,19). The summed E-state index contributed by atoms with van der Waals surface area (Å²) in [5, 5.41) is 10.6. The molecule has 0 spiro atoms. The van der Waals surface area contributed by atoms with E-state index in [0.29, 0.717) is 17.1 Å². The van der Waals surface area contributed by atoms with Crippen LogP contribution >= 0.6 is 0 Å². The number of nitrogens with one attached hydrogen (secondary N) is 1. The molecule has 0 aliphatic rings. The molecule has 1 atom stereocenters. The number of nitrogens with two attached hydrogens (primary N) is 1. The Morgan fingerprint density at radius 3 is 2.79 bits per heavy atom. The molecule has 100 valence electrons. The van der Waals surface area contributed by atoms with Gasteiger partial charge in [-0.25, -0.2) is 0 Å². The van der Waals surface area contributed by atoms with Crippen LogP contribution < -0.4 is 11.1 Å². The van der Waals surface area contributed by atoms with Gasteiger partial charge >= 0.3 is 0 Å². The van der Waals surface area contributed by atoms with E-state index in [4.69, 9.17) is 5.73 Å². The van der Waals surface area contributed by atoms with Crippen molar-refractivity contribution >= 4 is 11.6 Å². The van der Waals surface area contributed by atoms with E-state index < -0.39 is 0 Å². The third kappa shape index (κ3) is 2.73. The molecule has 0 fully saturated rings. The van der Waals surface area contributed by atoms with Gasteiger partial charge in [-0.3, -0.25) is 4.79 Å². The monoisotopic (exact) mass is 259 g/mol. The second kappa shape index (κ2) is 5.09. The number of hydrogen-bond donors (Lipinski definition) is 2. The third-order valence-electron chi connectivity index (χ3n) is 3.01. The highest BCUT2D eigenvalue weighted by molar-refractivity contribution is 5.95. The number of nitrogens with zero attached hydrogens (tertiary/aromatic N) is 3. The summed E-state index contributed by atoms with van der Waals surface area (Å²) in [7, 11) is 1.84. The summed E-state index contributed by atoms with van der Waals surface area (Å²) in [5.74, 6) is 0.555. The molecule has 0 radical (unpaired) electrons. The first-order valence-electron chi connectivity index (χ1n) is 6.00. The molecule has 0 saturated heterocycles. The molecule has 3 N–H and O–H groups in total. The van der Waals surface area contributed by atoms with Crippen molar-refractivity contribution in [3.63, 3.8) is 0 Å². The van der Waals surface area contributed by atoms with E-state index in [1.165, 1.54) is 0 Å². The normalized spacial score (nSPS) is 12.2. The Labute approximate surface area is 111 Å². The molecule has 2 aromatic rings. The van der Waals surface area contributed by atoms with Crippen LogP contribution in [0.5, 0.6) is 0 Å². The number of aryl methyl sites for hydroxylation is 2. The molecule has 0 saturated carbocycles. The zero-order valence-electron chi connectivity index (χ0n) is 11.2. The number of carbonyl (C=O) groups is 1. The van der Waals surface area contributed by atoms with Crippen LogP contribution in [0.4, 0.5) is 5.69 Å². The van der Waals surface area contributed by atoms with Crippen LogP contribution in [-0.2, 0) is 7.05 Å². The van der Waals surface area contributed by atoms with Gasteiger partial charge in [0.2, 0.25) is 0 Å². The first-order valence-corrected chi connectivity index (χ1v) is 6.00. The largest absolute Gasteiger partial charge is 0.399 e. The van der Waals surface area contributed by atoms with E-state index in [0.717, 1.165) is 5.56 Å². The topological polar surface area (TPSA) is 85.8 Å². The predicted octanol–water partition coefficient (Wildman–Crippen LogP) is 1.20. The van der Waals surface area contributed by atoms with Gasteiger partial charge in [0.05, 0.1) is 6.04 Å². The van der Waals surface area contributed by atoms with E-state index in [9.17, 15) is 4.79 Å². The minimum Gasteiger partial charge on any atom is -0.399 e. The van der Waals surface area contributed by atoms with Gasteiger partial charge in [0.25, 0.3) is 5.91 Å². The SMILES string of the molecule is Cc1cc(C(=O)NC(C)c2nncn2C)ccc1N. The van der Waals surface area contributed by atoms with Crippen LogP contribution in [0.25, 0.3) is 0 Å². The molecule has 0 aliphatic carbocycles. The average Bonchev–Trinajstić information content (AvgIpc) is 2.79. The Hall–Kier alpha value is -2.37. The smallest absolute Gasteiger partial charge is 0.251 e. The van der Waals surface area contributed by atoms with Crippen molar-refractivity contribution in [2.24, 2.45) is 7.05 Å². The summed E-state index contributed by atoms with van der Waals surface area (Å²) in [5.41, 5.74) is 7.88. The predicted molar refractivity (Wildman–Crippen MR) is 72.5 cm³/mol. The summed E-state index contributed by atoms with van der Waals surface area (Å²) in [6.07, 6.45) is 1.60. The zero-order valence-corrected chi connectivity index (χ0v) is 11.2. The molecule has 1 amide bonds. The van der Waals surface area contributed by atoms with E-state index in [-0.39, 0.29) is 11.9 Å². The molecule has 6 nitrogen and oxygen atoms in total. The van der Waals surface area contributed by atoms with Gasteiger partial charge in [0.1, 0.15) is 6.33 Å². The van der Waals surface area contributed by atoms with Crippen LogP contribution in [0.2, 0.25) is 0 Å². The average molecular weight is 259 g/mol. The minimum atomic E-state index is -0.210. The number of benzene rings is 1. The molecule has 1 heterocycles. The number of amides is 1. The molecule has 0 bridgehead atoms. The van der Waals surface area contributed by atoms with Gasteiger partial charge in [0, 0.05) is 18.3 Å². The summed E-state index contributed by atoms with van der Waals surface area (Å²) >= 11 is 0. The lowest BCUT2D eigenvalue weighted by Gasteiger charge is -2.13. The molecule has 6 heteroatoms. The van der Waals surface area contributed by atoms with Crippen molar-refractivity contribution < 1.29 is 4.79 Å². The van der Waals surface area contributed by atoms with Gasteiger partial charge in [-0.2, -0.15) is 0 Å². The summed E-state index contributed by atoms with van der Waals surface area (Å²) in [4.78, 5) is 12.1. The van der Waals surface area contributed by atoms with Crippen LogP contribution in [0.1, 0.15) is 34.7 Å². The van der Waals surface area contributed by atoms with Gasteiger partial charge in [0.15, 0.2) is 5.82 Å². The van der Waals surface area contributed by atoms with Crippen LogP contribution in [0, 0.1) is 6.92 Å². The quantitative estimate of drug-likeness (QED) is 0.811. The lowest BCUT2D eigenvalue weighted by atomic mass is 10.1. The van der Waals surface area contributed by atoms with Crippen LogP contribution in [0.3, 0.4) is 0 Å². The molecule has 1 aromatic carbocycles. The Bertz CT molecular complexity index is 605. The first-order chi connectivity index (χ1) is 8.99. The highest BCUT2D eigenvalue weighted by Crippen LogP contribution is 2.14. The Balaban J connectivity index is 2.13. The maximum atomic E-state index is 12.1. The second-order valence-electron chi connectivity index (χ2n) is 4.57. The molecule has 2 rings (SSSR count). The maximum absolute atomic E-state index is 12.1. The van der Waals surface area contributed by atoms with Crippen molar-refractivity contribution in [2.75, 3.05) is 5.73 Å². The van der Waals surface area contributed by atoms with Crippen molar-refractivity contribution in [3.05, 3.63) is 41.5 Å². The Kier molecular flexibility index (Phi) is 3.50. The van der Waals surface area contributed by atoms with Gasteiger partial charge in [-0.1, -0.05) is 0 Å². The third-order valence-corrected chi connectivity index (χ3v) is 3.01. The van der Waals surface area contributed by atoms with Gasteiger partial charge in [-0.05, 0) is 37.6 Å². The number of hydrogen-bond acceptors (Lipinski definition) is 4. The Morgan fingerprint density at radius 1 is 1.47 bits per heavy atom. The summed E-state index contributed by atoms with van der Waals surface area (Å²) in [6.45, 7) is 3.74. The second-order valence-corrected chi connectivity index (χ2v) is 4.57. The van der Waals surface area contributed by atoms with Crippen molar-refractivity contribution in [2.45, 2.75) is 19.9 Å². The van der Waals surface area contributed by atoms with Crippen molar-refractivity contribution in [1.82, 2.24) is 20.1 Å². The van der Waals surface area contributed by atoms with Crippen LogP contribution in [0.15, 0.2) is 24.5 Å². The van der Waals surface area contributed by atoms with E-state index >= 15 is 0 Å². The van der Waals surface area contributed by atoms with E-state index in [1.54, 1.807) is 29.1 Å². The van der Waals surface area contributed by atoms with Crippen molar-refractivity contribution in [1.29, 1.82) is 0 Å².